The first-order valence-corrected chi connectivity index (χ1v) is 18.9. The van der Waals surface area contributed by atoms with Crippen molar-refractivity contribution in [2.24, 2.45) is 10.8 Å². The topological polar surface area (TPSA) is 81.4 Å². The summed E-state index contributed by atoms with van der Waals surface area (Å²) in [6.45, 7) is 8.87. The molecule has 4 aromatic heterocycles. The van der Waals surface area contributed by atoms with Crippen molar-refractivity contribution >= 4 is 22.1 Å². The molecule has 0 saturated carbocycles. The maximum absolute atomic E-state index is 14.8. The highest BCUT2D eigenvalue weighted by atomic mass is 19.3. The summed E-state index contributed by atoms with van der Waals surface area (Å²) in [6.07, 6.45) is 12.7. The largest absolute Gasteiger partial charge is 0.346 e. The van der Waals surface area contributed by atoms with Crippen molar-refractivity contribution in [3.05, 3.63) is 107 Å². The minimum atomic E-state index is -2.84. The predicted octanol–water partition coefficient (Wildman–Crippen LogP) is 10.5. The van der Waals surface area contributed by atoms with Crippen LogP contribution in [-0.2, 0) is 12.8 Å². The zero-order valence-electron chi connectivity index (χ0n) is 30.8. The molecule has 2 aromatic carbocycles. The van der Waals surface area contributed by atoms with Crippen LogP contribution < -0.4 is 10.6 Å². The molecule has 2 saturated heterocycles. The van der Waals surface area contributed by atoms with E-state index < -0.39 is 29.4 Å². The van der Waals surface area contributed by atoms with Gasteiger partial charge in [-0.15, -0.1) is 0 Å². The van der Waals surface area contributed by atoms with Gasteiger partial charge < -0.3 is 20.6 Å². The molecule has 2 fully saturated rings. The predicted molar refractivity (Wildman–Crippen MR) is 205 cm³/mol. The lowest BCUT2D eigenvalue weighted by molar-refractivity contribution is 0.146. The van der Waals surface area contributed by atoms with Crippen molar-refractivity contribution in [3.8, 4) is 22.3 Å². The summed E-state index contributed by atoms with van der Waals surface area (Å²) >= 11 is 0. The minimum Gasteiger partial charge on any atom is -0.346 e. The van der Waals surface area contributed by atoms with Crippen LogP contribution in [0.1, 0.15) is 75.5 Å². The normalized spacial score (nSPS) is 16.8. The summed E-state index contributed by atoms with van der Waals surface area (Å²) in [4.78, 5) is 15.0. The molecule has 2 aliphatic heterocycles. The number of piperidine rings is 2. The van der Waals surface area contributed by atoms with E-state index >= 15 is 0 Å². The Kier molecular flexibility index (Phi) is 11.2. The number of halogens is 5. The minimum absolute atomic E-state index is 0.186. The molecule has 0 unspecified atom stereocenters. The van der Waals surface area contributed by atoms with E-state index in [0.717, 1.165) is 104 Å². The van der Waals surface area contributed by atoms with Crippen LogP contribution >= 0.6 is 0 Å². The highest BCUT2D eigenvalue weighted by molar-refractivity contribution is 5.97. The number of nitrogens with one attached hydrogen (secondary N) is 4. The SMILES string of the molecule is CC1(CCc2ccnc3[nH]cc(-c4cc(F)cc(F)c4)c23)CCNCC1.CC1(CCc2ccnc3[nH]cc(-c4cccc(C(F)F)c4F)c23)CCNCC1. The van der Waals surface area contributed by atoms with Crippen molar-refractivity contribution in [2.45, 2.75) is 71.6 Å². The second-order valence-corrected chi connectivity index (χ2v) is 15.6. The number of hydrogen-bond acceptors (Lipinski definition) is 4. The fourth-order valence-electron chi connectivity index (χ4n) is 8.17. The van der Waals surface area contributed by atoms with E-state index in [1.165, 1.54) is 36.6 Å². The van der Waals surface area contributed by atoms with Gasteiger partial charge in [-0.3, -0.25) is 0 Å². The Morgan fingerprint density at radius 2 is 1.15 bits per heavy atom. The zero-order chi connectivity index (χ0) is 37.9. The van der Waals surface area contributed by atoms with Gasteiger partial charge in [0.1, 0.15) is 28.7 Å². The van der Waals surface area contributed by atoms with Gasteiger partial charge in [0.15, 0.2) is 0 Å². The Morgan fingerprint density at radius 1 is 0.648 bits per heavy atom. The van der Waals surface area contributed by atoms with E-state index in [-0.39, 0.29) is 11.0 Å². The highest BCUT2D eigenvalue weighted by Crippen LogP contribution is 2.39. The number of aromatic amines is 2. The molecule has 11 heteroatoms. The Hall–Kier alpha value is -4.61. The van der Waals surface area contributed by atoms with Crippen molar-refractivity contribution in [1.29, 1.82) is 0 Å². The Balaban J connectivity index is 0.000000167. The number of benzene rings is 2. The molecule has 0 bridgehead atoms. The summed E-state index contributed by atoms with van der Waals surface area (Å²) in [7, 11) is 0. The van der Waals surface area contributed by atoms with Crippen LogP contribution in [-0.4, -0.2) is 46.1 Å². The lowest BCUT2D eigenvalue weighted by Crippen LogP contribution is -2.35. The number of fused-ring (bicyclic) bond motifs is 2. The molecular formula is C43H47F5N6. The maximum atomic E-state index is 14.8. The van der Waals surface area contributed by atoms with Crippen molar-refractivity contribution in [2.75, 3.05) is 26.2 Å². The standard InChI is InChI=1S/C22H24F3N3.C21H23F2N3/c1-22(8-11-26-12-9-22)7-5-14-6-10-27-21-18(14)17(13-28-21)15-3-2-4-16(19(15)23)20(24)25;1-21(5-8-24-9-6-21)4-2-14-3-7-25-20-19(14)18(13-26-20)15-10-16(22)12-17(23)11-15/h2-4,6,10,13,20,26H,5,7-9,11-12H2,1H3,(H,27,28);3,7,10-13,24H,2,4-6,8-9H2,1H3,(H,25,26). The molecule has 2 aliphatic rings. The number of pyridine rings is 2. The van der Waals surface area contributed by atoms with Crippen LogP contribution in [0.5, 0.6) is 0 Å². The highest BCUT2D eigenvalue weighted by Gasteiger charge is 2.28. The van der Waals surface area contributed by atoms with E-state index in [2.05, 4.69) is 44.4 Å². The van der Waals surface area contributed by atoms with E-state index in [9.17, 15) is 22.0 Å². The van der Waals surface area contributed by atoms with Crippen molar-refractivity contribution in [3.63, 3.8) is 0 Å². The van der Waals surface area contributed by atoms with E-state index in [4.69, 9.17) is 0 Å². The Morgan fingerprint density at radius 3 is 1.67 bits per heavy atom. The van der Waals surface area contributed by atoms with Crippen LogP contribution in [0.2, 0.25) is 0 Å². The van der Waals surface area contributed by atoms with Gasteiger partial charge >= 0.3 is 0 Å². The molecule has 6 aromatic rings. The number of H-pyrrole nitrogens is 2. The zero-order valence-corrected chi connectivity index (χ0v) is 30.8. The first-order chi connectivity index (χ1) is 26.0. The second kappa shape index (κ2) is 16.0. The first kappa shape index (κ1) is 37.7. The van der Waals surface area contributed by atoms with Crippen LogP contribution in [0.4, 0.5) is 22.0 Å². The third kappa shape index (κ3) is 8.22. The number of alkyl halides is 2. The molecule has 0 amide bonds. The van der Waals surface area contributed by atoms with Gasteiger partial charge in [0.25, 0.3) is 6.43 Å². The summed E-state index contributed by atoms with van der Waals surface area (Å²) in [6, 6.07) is 11.8. The first-order valence-electron chi connectivity index (χ1n) is 18.9. The van der Waals surface area contributed by atoms with Crippen LogP contribution in [0.25, 0.3) is 44.3 Å². The number of rotatable bonds is 9. The fraction of sp³-hybridized carbons (Fsp3) is 0.395. The molecule has 0 radical (unpaired) electrons. The van der Waals surface area contributed by atoms with Gasteiger partial charge in [0.2, 0.25) is 0 Å². The van der Waals surface area contributed by atoms with Gasteiger partial charge in [-0.2, -0.15) is 0 Å². The summed E-state index contributed by atoms with van der Waals surface area (Å²) in [5, 5.41) is 8.61. The van der Waals surface area contributed by atoms with Gasteiger partial charge in [0.05, 0.1) is 5.56 Å². The number of aromatic nitrogens is 4. The third-order valence-electron chi connectivity index (χ3n) is 11.7. The summed E-state index contributed by atoms with van der Waals surface area (Å²) < 4.78 is 68.4. The molecule has 284 valence electrons. The molecule has 4 N–H and O–H groups in total. The van der Waals surface area contributed by atoms with Gasteiger partial charge in [0, 0.05) is 58.3 Å². The molecule has 54 heavy (non-hydrogen) atoms. The summed E-state index contributed by atoms with van der Waals surface area (Å²) in [5.74, 6) is -2.00. The fourth-order valence-corrected chi connectivity index (χ4v) is 8.17. The quantitative estimate of drug-likeness (QED) is 0.111. The van der Waals surface area contributed by atoms with Gasteiger partial charge in [-0.05, 0) is 129 Å². The molecule has 0 atom stereocenters. The number of nitrogens with zero attached hydrogens (tertiary/aromatic N) is 2. The van der Waals surface area contributed by atoms with E-state index in [1.807, 2.05) is 12.1 Å². The van der Waals surface area contributed by atoms with Gasteiger partial charge in [-0.25, -0.2) is 31.9 Å². The second-order valence-electron chi connectivity index (χ2n) is 15.6. The van der Waals surface area contributed by atoms with E-state index in [0.29, 0.717) is 22.2 Å². The van der Waals surface area contributed by atoms with Crippen LogP contribution in [0.3, 0.4) is 0 Å². The van der Waals surface area contributed by atoms with E-state index in [1.54, 1.807) is 30.9 Å². The Bertz CT molecular complexity index is 2190. The molecule has 8 rings (SSSR count). The average Bonchev–Trinajstić information content (AvgIpc) is 3.80. The number of hydrogen-bond donors (Lipinski definition) is 4. The Labute approximate surface area is 312 Å². The average molecular weight is 743 g/mol. The molecule has 6 heterocycles. The van der Waals surface area contributed by atoms with Crippen LogP contribution in [0.15, 0.2) is 73.3 Å². The molecule has 0 spiro atoms. The van der Waals surface area contributed by atoms with Crippen molar-refractivity contribution in [1.82, 2.24) is 30.6 Å². The monoisotopic (exact) mass is 742 g/mol. The molecule has 6 nitrogen and oxygen atoms in total. The lowest BCUT2D eigenvalue weighted by Gasteiger charge is -2.34. The van der Waals surface area contributed by atoms with Crippen molar-refractivity contribution < 1.29 is 22.0 Å². The van der Waals surface area contributed by atoms with Crippen LogP contribution in [0, 0.1) is 28.3 Å². The van der Waals surface area contributed by atoms with Gasteiger partial charge in [-0.1, -0.05) is 32.0 Å². The molecule has 0 aliphatic carbocycles. The molecular weight excluding hydrogens is 696 g/mol. The number of aryl methyl sites for hydroxylation is 2. The maximum Gasteiger partial charge on any atom is 0.266 e. The lowest BCUT2D eigenvalue weighted by atomic mass is 9.76. The smallest absolute Gasteiger partial charge is 0.266 e. The summed E-state index contributed by atoms with van der Waals surface area (Å²) in [5.41, 5.74) is 5.83. The third-order valence-corrected chi connectivity index (χ3v) is 11.7.